The monoisotopic (exact) mass is 179 g/mol. The Bertz CT molecular complexity index is 332. The molecule has 0 saturated heterocycles. The number of carbonyl (C=O) groups excluding carboxylic acids is 1. The molecule has 3 heteroatoms. The number of aromatic hydroxyl groups is 1. The average Bonchev–Trinajstić information content (AvgIpc) is 2.08. The van der Waals surface area contributed by atoms with Gasteiger partial charge in [-0.25, -0.2) is 0 Å². The molecule has 0 aromatic heterocycles. The van der Waals surface area contributed by atoms with Crippen LogP contribution in [0.15, 0.2) is 18.2 Å². The van der Waals surface area contributed by atoms with Gasteiger partial charge in [0.25, 0.3) is 0 Å². The first kappa shape index (κ1) is 9.74. The van der Waals surface area contributed by atoms with Crippen LogP contribution in [0.2, 0.25) is 0 Å². The van der Waals surface area contributed by atoms with Crippen LogP contribution in [0.25, 0.3) is 0 Å². The lowest BCUT2D eigenvalue weighted by molar-refractivity contribution is 0.0967. The lowest BCUT2D eigenvalue weighted by Gasteiger charge is -2.05. The molecule has 1 rings (SSSR count). The average molecular weight is 179 g/mol. The molecule has 0 saturated carbocycles. The zero-order valence-corrected chi connectivity index (χ0v) is 7.74. The molecule has 0 heterocycles. The standard InChI is InChI=1S/C10H13NO2/c1-6-3-4-8(5-9(6)12)10(13)7(2)11/h3-5,7,12H,11H2,1-2H3. The van der Waals surface area contributed by atoms with Gasteiger partial charge in [0.1, 0.15) is 5.75 Å². The molecule has 1 aromatic carbocycles. The van der Waals surface area contributed by atoms with Gasteiger partial charge in [-0.2, -0.15) is 0 Å². The van der Waals surface area contributed by atoms with E-state index in [4.69, 9.17) is 5.73 Å². The second kappa shape index (κ2) is 3.58. The van der Waals surface area contributed by atoms with Gasteiger partial charge in [0.05, 0.1) is 6.04 Å². The van der Waals surface area contributed by atoms with Crippen LogP contribution < -0.4 is 5.73 Å². The number of phenols is 1. The molecule has 0 radical (unpaired) electrons. The van der Waals surface area contributed by atoms with Crippen molar-refractivity contribution in [1.82, 2.24) is 0 Å². The molecule has 1 unspecified atom stereocenters. The summed E-state index contributed by atoms with van der Waals surface area (Å²) in [5.74, 6) is -0.0261. The SMILES string of the molecule is Cc1ccc(C(=O)C(C)N)cc1O. The van der Waals surface area contributed by atoms with Crippen LogP contribution in [-0.2, 0) is 0 Å². The molecule has 0 aliphatic heterocycles. The molecule has 0 bridgehead atoms. The smallest absolute Gasteiger partial charge is 0.179 e. The lowest BCUT2D eigenvalue weighted by Crippen LogP contribution is -2.26. The third-order valence-corrected chi connectivity index (χ3v) is 1.91. The van der Waals surface area contributed by atoms with E-state index in [0.29, 0.717) is 5.56 Å². The maximum absolute atomic E-state index is 11.4. The Hall–Kier alpha value is -1.35. The number of phenolic OH excluding ortho intramolecular Hbond substituents is 1. The van der Waals surface area contributed by atoms with Crippen molar-refractivity contribution in [1.29, 1.82) is 0 Å². The lowest BCUT2D eigenvalue weighted by atomic mass is 10.0. The summed E-state index contributed by atoms with van der Waals surface area (Å²) < 4.78 is 0. The maximum Gasteiger partial charge on any atom is 0.179 e. The zero-order valence-electron chi connectivity index (χ0n) is 7.74. The number of hydrogen-bond acceptors (Lipinski definition) is 3. The fourth-order valence-electron chi connectivity index (χ4n) is 1.03. The molecule has 0 aliphatic carbocycles. The fraction of sp³-hybridized carbons (Fsp3) is 0.300. The van der Waals surface area contributed by atoms with Crippen LogP contribution >= 0.6 is 0 Å². The van der Waals surface area contributed by atoms with Crippen LogP contribution in [0.5, 0.6) is 5.75 Å². The first-order valence-electron chi connectivity index (χ1n) is 4.12. The number of rotatable bonds is 2. The molecule has 3 N–H and O–H groups in total. The van der Waals surface area contributed by atoms with E-state index in [0.717, 1.165) is 5.56 Å². The summed E-state index contributed by atoms with van der Waals surface area (Å²) in [5, 5.41) is 9.34. The van der Waals surface area contributed by atoms with E-state index in [1.54, 1.807) is 26.0 Å². The van der Waals surface area contributed by atoms with Crippen LogP contribution in [0.3, 0.4) is 0 Å². The summed E-state index contributed by atoms with van der Waals surface area (Å²) in [6, 6.07) is 4.29. The Labute approximate surface area is 77.2 Å². The van der Waals surface area contributed by atoms with Crippen LogP contribution in [0.4, 0.5) is 0 Å². The van der Waals surface area contributed by atoms with Gasteiger partial charge in [-0.3, -0.25) is 4.79 Å². The van der Waals surface area contributed by atoms with E-state index in [-0.39, 0.29) is 11.5 Å². The third-order valence-electron chi connectivity index (χ3n) is 1.91. The molecule has 0 fully saturated rings. The van der Waals surface area contributed by atoms with Gasteiger partial charge in [-0.05, 0) is 25.5 Å². The fourth-order valence-corrected chi connectivity index (χ4v) is 1.03. The van der Waals surface area contributed by atoms with Crippen molar-refractivity contribution in [3.8, 4) is 5.75 Å². The molecule has 0 spiro atoms. The van der Waals surface area contributed by atoms with Crippen molar-refractivity contribution in [2.24, 2.45) is 5.73 Å². The molecule has 1 aromatic rings. The normalized spacial score (nSPS) is 12.5. The van der Waals surface area contributed by atoms with E-state index >= 15 is 0 Å². The van der Waals surface area contributed by atoms with E-state index < -0.39 is 6.04 Å². The molecule has 0 amide bonds. The van der Waals surface area contributed by atoms with Crippen molar-refractivity contribution in [2.75, 3.05) is 0 Å². The largest absolute Gasteiger partial charge is 0.508 e. The van der Waals surface area contributed by atoms with Crippen molar-refractivity contribution >= 4 is 5.78 Å². The third kappa shape index (κ3) is 2.06. The van der Waals surface area contributed by atoms with Gasteiger partial charge in [0.15, 0.2) is 5.78 Å². The highest BCUT2D eigenvalue weighted by molar-refractivity contribution is 6.00. The topological polar surface area (TPSA) is 63.3 Å². The molecule has 3 nitrogen and oxygen atoms in total. The number of aryl methyl sites for hydroxylation is 1. The molecule has 1 atom stereocenters. The van der Waals surface area contributed by atoms with Crippen molar-refractivity contribution in [3.05, 3.63) is 29.3 Å². The van der Waals surface area contributed by atoms with E-state index in [1.165, 1.54) is 6.07 Å². The van der Waals surface area contributed by atoms with Gasteiger partial charge in [-0.1, -0.05) is 12.1 Å². The Balaban J connectivity index is 3.04. The second-order valence-electron chi connectivity index (χ2n) is 3.15. The number of benzene rings is 1. The van der Waals surface area contributed by atoms with Gasteiger partial charge < -0.3 is 10.8 Å². The highest BCUT2D eigenvalue weighted by Crippen LogP contribution is 2.18. The molecule has 0 aliphatic rings. The van der Waals surface area contributed by atoms with Gasteiger partial charge in [-0.15, -0.1) is 0 Å². The maximum atomic E-state index is 11.4. The quantitative estimate of drug-likeness (QED) is 0.671. The minimum atomic E-state index is -0.526. The predicted molar refractivity (Wildman–Crippen MR) is 50.8 cm³/mol. The van der Waals surface area contributed by atoms with Crippen molar-refractivity contribution in [3.63, 3.8) is 0 Å². The Morgan fingerprint density at radius 2 is 2.15 bits per heavy atom. The highest BCUT2D eigenvalue weighted by Gasteiger charge is 2.11. The summed E-state index contributed by atoms with van der Waals surface area (Å²) in [6.45, 7) is 3.40. The van der Waals surface area contributed by atoms with Crippen molar-refractivity contribution < 1.29 is 9.90 Å². The second-order valence-corrected chi connectivity index (χ2v) is 3.15. The highest BCUT2D eigenvalue weighted by atomic mass is 16.3. The van der Waals surface area contributed by atoms with Gasteiger partial charge >= 0.3 is 0 Å². The zero-order chi connectivity index (χ0) is 10.0. The first-order chi connectivity index (χ1) is 6.02. The summed E-state index contributed by atoms with van der Waals surface area (Å²) in [7, 11) is 0. The summed E-state index contributed by atoms with van der Waals surface area (Å²) >= 11 is 0. The minimum absolute atomic E-state index is 0.131. The summed E-state index contributed by atoms with van der Waals surface area (Å²) in [4.78, 5) is 11.4. The molecule has 70 valence electrons. The van der Waals surface area contributed by atoms with Gasteiger partial charge in [0, 0.05) is 5.56 Å². The predicted octanol–water partition coefficient (Wildman–Crippen LogP) is 1.23. The van der Waals surface area contributed by atoms with E-state index in [9.17, 15) is 9.90 Å². The van der Waals surface area contributed by atoms with Crippen LogP contribution in [0.1, 0.15) is 22.8 Å². The number of hydrogen-bond donors (Lipinski definition) is 2. The number of Topliss-reactive ketones (excluding diaryl/α,β-unsaturated/α-hetero) is 1. The van der Waals surface area contributed by atoms with Gasteiger partial charge in [0.2, 0.25) is 0 Å². The van der Waals surface area contributed by atoms with Crippen molar-refractivity contribution in [2.45, 2.75) is 19.9 Å². The van der Waals surface area contributed by atoms with E-state index in [1.807, 2.05) is 0 Å². The Morgan fingerprint density at radius 1 is 1.54 bits per heavy atom. The number of ketones is 1. The van der Waals surface area contributed by atoms with E-state index in [2.05, 4.69) is 0 Å². The number of carbonyl (C=O) groups is 1. The first-order valence-corrected chi connectivity index (χ1v) is 4.12. The molecular formula is C10H13NO2. The Kier molecular flexibility index (Phi) is 2.68. The molecule has 13 heavy (non-hydrogen) atoms. The Morgan fingerprint density at radius 3 is 2.62 bits per heavy atom. The molecular weight excluding hydrogens is 166 g/mol. The summed E-state index contributed by atoms with van der Waals surface area (Å²) in [6.07, 6.45) is 0. The van der Waals surface area contributed by atoms with Crippen LogP contribution in [0, 0.1) is 6.92 Å². The van der Waals surface area contributed by atoms with Crippen LogP contribution in [-0.4, -0.2) is 16.9 Å². The minimum Gasteiger partial charge on any atom is -0.508 e. The summed E-state index contributed by atoms with van der Waals surface area (Å²) in [5.41, 5.74) is 6.63. The number of nitrogens with two attached hydrogens (primary N) is 1.